The number of rotatable bonds is 11. The number of anilines is 2. The van der Waals surface area contributed by atoms with E-state index in [1.54, 1.807) is 23.6 Å². The summed E-state index contributed by atoms with van der Waals surface area (Å²) in [6, 6.07) is 15.4. The van der Waals surface area contributed by atoms with Gasteiger partial charge in [-0.05, 0) is 115 Å². The molecule has 3 aromatic carbocycles. The van der Waals surface area contributed by atoms with E-state index in [1.807, 2.05) is 50.2 Å². The van der Waals surface area contributed by atoms with Crippen molar-refractivity contribution in [3.8, 4) is 11.5 Å². The molecule has 0 bridgehead atoms. The van der Waals surface area contributed by atoms with Gasteiger partial charge >= 0.3 is 0 Å². The standard InChI is InChI=1S/C35H40BrN5O3S/c1-8-9-13-45-35-39-34-37-24(6)30(33(42)38-27-12-10-11-20(2)14-27)31(41(34)40-35)25-17-28(36)32(29(18-25)43-7)44-19-26-16-22(4)21(3)15-23(26)5/h10-12,14-18,31H,8-9,13,19H2,1-7H3,(H,38,42)(H,37,39,40). The van der Waals surface area contributed by atoms with Crippen molar-refractivity contribution in [3.05, 3.63) is 97.7 Å². The van der Waals surface area contributed by atoms with Crippen LogP contribution in [0.4, 0.5) is 11.6 Å². The molecule has 2 N–H and O–H groups in total. The highest BCUT2D eigenvalue weighted by Crippen LogP contribution is 2.43. The van der Waals surface area contributed by atoms with Crippen LogP contribution in [0.15, 0.2) is 69.4 Å². The van der Waals surface area contributed by atoms with Crippen molar-refractivity contribution in [2.75, 3.05) is 23.5 Å². The van der Waals surface area contributed by atoms with Gasteiger partial charge in [0.25, 0.3) is 5.91 Å². The summed E-state index contributed by atoms with van der Waals surface area (Å²) >= 11 is 5.37. The van der Waals surface area contributed by atoms with Crippen molar-refractivity contribution in [3.63, 3.8) is 0 Å². The smallest absolute Gasteiger partial charge is 0.255 e. The maximum absolute atomic E-state index is 14.0. The molecule has 0 saturated heterocycles. The lowest BCUT2D eigenvalue weighted by Gasteiger charge is -2.29. The number of unbranched alkanes of at least 4 members (excludes halogenated alkanes) is 1. The average Bonchev–Trinajstić information content (AvgIpc) is 3.40. The number of allylic oxidation sites excluding steroid dienone is 1. The van der Waals surface area contributed by atoms with Gasteiger partial charge in [-0.2, -0.15) is 4.98 Å². The van der Waals surface area contributed by atoms with Gasteiger partial charge in [0.1, 0.15) is 12.6 Å². The Labute approximate surface area is 278 Å². The van der Waals surface area contributed by atoms with Crippen molar-refractivity contribution in [1.82, 2.24) is 14.8 Å². The Balaban J connectivity index is 1.54. The minimum absolute atomic E-state index is 0.224. The van der Waals surface area contributed by atoms with Gasteiger partial charge in [-0.15, -0.1) is 5.10 Å². The fourth-order valence-corrected chi connectivity index (χ4v) is 6.87. The van der Waals surface area contributed by atoms with Gasteiger partial charge in [-0.25, -0.2) is 4.68 Å². The zero-order valence-corrected chi connectivity index (χ0v) is 29.3. The van der Waals surface area contributed by atoms with Gasteiger partial charge in [0.2, 0.25) is 11.1 Å². The minimum atomic E-state index is -0.569. The Hall–Kier alpha value is -3.76. The van der Waals surface area contributed by atoms with Gasteiger partial charge in [-0.3, -0.25) is 4.79 Å². The van der Waals surface area contributed by atoms with Crippen LogP contribution in [-0.4, -0.2) is 33.5 Å². The number of hydrogen-bond donors (Lipinski definition) is 2. The van der Waals surface area contributed by atoms with Crippen LogP contribution in [0.3, 0.4) is 0 Å². The number of aromatic nitrogens is 3. The van der Waals surface area contributed by atoms with E-state index in [2.05, 4.69) is 66.4 Å². The van der Waals surface area contributed by atoms with E-state index >= 15 is 0 Å². The highest BCUT2D eigenvalue weighted by molar-refractivity contribution is 9.10. The highest BCUT2D eigenvalue weighted by atomic mass is 79.9. The molecule has 1 aromatic heterocycles. The molecule has 8 nitrogen and oxygen atoms in total. The summed E-state index contributed by atoms with van der Waals surface area (Å²) in [5.74, 6) is 2.42. The summed E-state index contributed by atoms with van der Waals surface area (Å²) in [5, 5.41) is 12.0. The summed E-state index contributed by atoms with van der Waals surface area (Å²) in [5.41, 5.74) is 8.60. The second-order valence-electron chi connectivity index (χ2n) is 11.4. The molecule has 10 heteroatoms. The molecule has 5 rings (SSSR count). The zero-order valence-electron chi connectivity index (χ0n) is 26.9. The van der Waals surface area contributed by atoms with Crippen molar-refractivity contribution in [1.29, 1.82) is 0 Å². The van der Waals surface area contributed by atoms with E-state index in [1.165, 1.54) is 16.7 Å². The van der Waals surface area contributed by atoms with Gasteiger partial charge < -0.3 is 20.1 Å². The lowest BCUT2D eigenvalue weighted by molar-refractivity contribution is -0.113. The number of carbonyl (C=O) groups is 1. The molecular formula is C35H40BrN5O3S. The van der Waals surface area contributed by atoms with Crippen molar-refractivity contribution >= 4 is 45.2 Å². The lowest BCUT2D eigenvalue weighted by atomic mass is 9.94. The first-order valence-electron chi connectivity index (χ1n) is 15.1. The number of fused-ring (bicyclic) bond motifs is 1. The monoisotopic (exact) mass is 689 g/mol. The first-order valence-corrected chi connectivity index (χ1v) is 16.9. The predicted octanol–water partition coefficient (Wildman–Crippen LogP) is 8.68. The quantitative estimate of drug-likeness (QED) is 0.120. The first kappa shape index (κ1) is 32.6. The van der Waals surface area contributed by atoms with Crippen LogP contribution in [0, 0.1) is 27.7 Å². The fraction of sp³-hybridized carbons (Fsp3) is 0.343. The Morgan fingerprint density at radius 1 is 1.07 bits per heavy atom. The molecule has 0 saturated carbocycles. The molecule has 2 heterocycles. The van der Waals surface area contributed by atoms with E-state index < -0.39 is 6.04 Å². The molecule has 4 aromatic rings. The summed E-state index contributed by atoms with van der Waals surface area (Å²) in [4.78, 5) is 18.8. The van der Waals surface area contributed by atoms with Gasteiger partial charge in [0.05, 0.1) is 17.2 Å². The van der Waals surface area contributed by atoms with E-state index in [4.69, 9.17) is 19.6 Å². The van der Waals surface area contributed by atoms with E-state index in [-0.39, 0.29) is 5.91 Å². The first-order chi connectivity index (χ1) is 21.6. The largest absolute Gasteiger partial charge is 0.493 e. The molecule has 236 valence electrons. The summed E-state index contributed by atoms with van der Waals surface area (Å²) in [6.07, 6.45) is 2.16. The number of thioether (sulfide) groups is 1. The van der Waals surface area contributed by atoms with Crippen LogP contribution < -0.4 is 20.1 Å². The van der Waals surface area contributed by atoms with Crippen LogP contribution in [0.25, 0.3) is 0 Å². The number of amides is 1. The molecule has 0 radical (unpaired) electrons. The van der Waals surface area contributed by atoms with Crippen LogP contribution in [0.2, 0.25) is 0 Å². The Morgan fingerprint density at radius 2 is 1.84 bits per heavy atom. The lowest BCUT2D eigenvalue weighted by Crippen LogP contribution is -2.31. The van der Waals surface area contributed by atoms with Gasteiger partial charge in [0, 0.05) is 17.1 Å². The Bertz CT molecular complexity index is 1770. The van der Waals surface area contributed by atoms with Crippen molar-refractivity contribution in [2.24, 2.45) is 0 Å². The maximum atomic E-state index is 14.0. The van der Waals surface area contributed by atoms with E-state index in [0.29, 0.717) is 45.0 Å². The molecule has 1 aliphatic heterocycles. The number of nitrogens with zero attached hydrogens (tertiary/aromatic N) is 3. The number of methoxy groups -OCH3 is 1. The van der Waals surface area contributed by atoms with Crippen LogP contribution in [-0.2, 0) is 11.4 Å². The van der Waals surface area contributed by atoms with E-state index in [9.17, 15) is 4.79 Å². The fourth-order valence-electron chi connectivity index (χ4n) is 5.39. The molecule has 1 amide bonds. The average molecular weight is 691 g/mol. The normalized spacial score (nSPS) is 14.2. The molecule has 1 atom stereocenters. The number of nitrogens with one attached hydrogen (secondary N) is 2. The SMILES string of the molecule is CCCCSc1nc2n(n1)C(c1cc(Br)c(OCc3cc(C)c(C)cc3C)c(OC)c1)C(C(=O)Nc1cccc(C)c1)=C(C)N2. The maximum Gasteiger partial charge on any atom is 0.255 e. The Kier molecular flexibility index (Phi) is 10.2. The third-order valence-electron chi connectivity index (χ3n) is 7.97. The highest BCUT2D eigenvalue weighted by Gasteiger charge is 2.35. The summed E-state index contributed by atoms with van der Waals surface area (Å²) in [7, 11) is 1.62. The molecule has 0 aliphatic carbocycles. The second-order valence-corrected chi connectivity index (χ2v) is 13.4. The summed E-state index contributed by atoms with van der Waals surface area (Å²) in [6.45, 7) is 12.8. The minimum Gasteiger partial charge on any atom is -0.493 e. The third kappa shape index (κ3) is 7.23. The van der Waals surface area contributed by atoms with Crippen LogP contribution in [0.5, 0.6) is 11.5 Å². The number of hydrogen-bond acceptors (Lipinski definition) is 7. The number of benzene rings is 3. The molecule has 0 fully saturated rings. The number of carbonyl (C=O) groups excluding carboxylic acids is 1. The zero-order chi connectivity index (χ0) is 32.2. The molecule has 1 aliphatic rings. The molecule has 45 heavy (non-hydrogen) atoms. The molecule has 1 unspecified atom stereocenters. The topological polar surface area (TPSA) is 90.3 Å². The van der Waals surface area contributed by atoms with Gasteiger partial charge in [0.15, 0.2) is 11.5 Å². The second kappa shape index (κ2) is 14.1. The number of aryl methyl sites for hydroxylation is 4. The van der Waals surface area contributed by atoms with Crippen LogP contribution in [0.1, 0.15) is 66.1 Å². The summed E-state index contributed by atoms with van der Waals surface area (Å²) < 4.78 is 14.7. The van der Waals surface area contributed by atoms with Gasteiger partial charge in [-0.1, -0.05) is 49.4 Å². The number of halogens is 1. The molecule has 0 spiro atoms. The predicted molar refractivity (Wildman–Crippen MR) is 186 cm³/mol. The molecular weight excluding hydrogens is 650 g/mol. The van der Waals surface area contributed by atoms with Crippen LogP contribution >= 0.6 is 27.7 Å². The Morgan fingerprint density at radius 3 is 2.58 bits per heavy atom. The third-order valence-corrected chi connectivity index (χ3v) is 9.49. The van der Waals surface area contributed by atoms with E-state index in [0.717, 1.165) is 41.0 Å². The van der Waals surface area contributed by atoms with Crippen molar-refractivity contribution in [2.45, 2.75) is 72.2 Å². The number of ether oxygens (including phenoxy) is 2. The van der Waals surface area contributed by atoms with Crippen molar-refractivity contribution < 1.29 is 14.3 Å².